The summed E-state index contributed by atoms with van der Waals surface area (Å²) in [6.45, 7) is 11.2. The van der Waals surface area contributed by atoms with Crippen LogP contribution in [0.2, 0.25) is 0 Å². The average molecular weight is 620 g/mol. The van der Waals surface area contributed by atoms with Gasteiger partial charge in [0.15, 0.2) is 5.78 Å². The van der Waals surface area contributed by atoms with Gasteiger partial charge < -0.3 is 13.9 Å². The number of nitrogens with zero attached hydrogens (tertiary/aromatic N) is 2. The Morgan fingerprint density at radius 2 is 1.68 bits per heavy atom. The Labute approximate surface area is 249 Å². The molecule has 0 saturated carbocycles. The monoisotopic (exact) mass is 618 g/mol. The number of pyridine rings is 2. The molecule has 7 nitrogen and oxygen atoms in total. The molecule has 0 atom stereocenters. The summed E-state index contributed by atoms with van der Waals surface area (Å²) < 4.78 is 13.7. The van der Waals surface area contributed by atoms with Crippen molar-refractivity contribution >= 4 is 39.0 Å². The molecule has 0 bridgehead atoms. The highest BCUT2D eigenvalue weighted by atomic mass is 79.9. The van der Waals surface area contributed by atoms with Crippen LogP contribution in [-0.2, 0) is 22.6 Å². The second-order valence-electron chi connectivity index (χ2n) is 11.8. The van der Waals surface area contributed by atoms with Crippen molar-refractivity contribution in [3.63, 3.8) is 0 Å². The van der Waals surface area contributed by atoms with E-state index < -0.39 is 16.8 Å². The molecule has 0 radical (unpaired) electrons. The quantitative estimate of drug-likeness (QED) is 0.146. The number of esters is 1. The minimum Gasteiger partial charge on any atom is -0.487 e. The zero-order valence-corrected chi connectivity index (χ0v) is 26.1. The van der Waals surface area contributed by atoms with Gasteiger partial charge >= 0.3 is 5.97 Å². The Bertz CT molecular complexity index is 1650. The number of aromatic nitrogens is 2. The first-order chi connectivity index (χ1) is 19.2. The van der Waals surface area contributed by atoms with Crippen molar-refractivity contribution in [1.82, 2.24) is 9.38 Å². The third kappa shape index (κ3) is 6.43. The molecule has 0 aliphatic carbocycles. The van der Waals surface area contributed by atoms with Crippen LogP contribution in [0.15, 0.2) is 65.3 Å². The van der Waals surface area contributed by atoms with Crippen molar-refractivity contribution in [2.24, 2.45) is 10.8 Å². The molecule has 0 N–H and O–H groups in total. The van der Waals surface area contributed by atoms with Crippen LogP contribution in [0.1, 0.15) is 78.0 Å². The maximum Gasteiger partial charge on any atom is 0.311 e. The number of fused-ring (bicyclic) bond motifs is 1. The lowest BCUT2D eigenvalue weighted by Crippen LogP contribution is -2.30. The minimum absolute atomic E-state index is 0.122. The second-order valence-corrected chi connectivity index (χ2v) is 12.8. The number of ether oxygens (including phenoxy) is 2. The molecule has 0 saturated heterocycles. The molecule has 0 fully saturated rings. The lowest BCUT2D eigenvalue weighted by atomic mass is 9.79. The fourth-order valence-electron chi connectivity index (χ4n) is 4.82. The zero-order valence-electron chi connectivity index (χ0n) is 24.5. The molecular formula is C33H35BrN2O5. The van der Waals surface area contributed by atoms with Gasteiger partial charge in [0.2, 0.25) is 5.78 Å². The molecule has 214 valence electrons. The number of carbonyl (C=O) groups excluding carboxylic acids is 3. The Balaban J connectivity index is 1.96. The van der Waals surface area contributed by atoms with E-state index in [0.717, 1.165) is 15.9 Å². The fourth-order valence-corrected chi connectivity index (χ4v) is 5.22. The maximum absolute atomic E-state index is 14.2. The van der Waals surface area contributed by atoms with Crippen molar-refractivity contribution in [1.29, 1.82) is 0 Å². The Hall–Kier alpha value is -3.78. The van der Waals surface area contributed by atoms with Gasteiger partial charge in [0.1, 0.15) is 12.4 Å². The van der Waals surface area contributed by atoms with Crippen molar-refractivity contribution in [3.8, 4) is 5.75 Å². The van der Waals surface area contributed by atoms with Gasteiger partial charge in [-0.05, 0) is 63.1 Å². The van der Waals surface area contributed by atoms with Gasteiger partial charge in [0, 0.05) is 39.0 Å². The molecule has 0 unspecified atom stereocenters. The first-order valence-corrected chi connectivity index (χ1v) is 14.2. The van der Waals surface area contributed by atoms with Crippen LogP contribution in [0.4, 0.5) is 0 Å². The average Bonchev–Trinajstić information content (AvgIpc) is 3.21. The number of Topliss-reactive ketones (excluding diaryl/α,β-unsaturated/α-hetero) is 1. The molecule has 41 heavy (non-hydrogen) atoms. The van der Waals surface area contributed by atoms with Crippen LogP contribution in [0.25, 0.3) is 5.52 Å². The number of carbonyl (C=O) groups is 3. The van der Waals surface area contributed by atoms with Crippen LogP contribution in [0.5, 0.6) is 5.75 Å². The van der Waals surface area contributed by atoms with E-state index in [1.807, 2.05) is 52.0 Å². The second kappa shape index (κ2) is 11.6. The number of ketones is 2. The molecule has 3 aromatic heterocycles. The Morgan fingerprint density at radius 1 is 0.976 bits per heavy atom. The number of rotatable bonds is 9. The highest BCUT2D eigenvalue weighted by Crippen LogP contribution is 2.37. The van der Waals surface area contributed by atoms with Crippen molar-refractivity contribution in [3.05, 3.63) is 99.0 Å². The minimum atomic E-state index is -1.00. The highest BCUT2D eigenvalue weighted by molar-refractivity contribution is 9.10. The Morgan fingerprint density at radius 3 is 2.32 bits per heavy atom. The molecule has 0 amide bonds. The molecule has 0 aliphatic rings. The summed E-state index contributed by atoms with van der Waals surface area (Å²) >= 11 is 3.46. The number of hydrogen-bond donors (Lipinski definition) is 0. The number of methoxy groups -OCH3 is 1. The van der Waals surface area contributed by atoms with E-state index in [0.29, 0.717) is 33.7 Å². The lowest BCUT2D eigenvalue weighted by molar-refractivity contribution is -0.150. The summed E-state index contributed by atoms with van der Waals surface area (Å²) in [7, 11) is 1.34. The fraction of sp³-hybridized carbons (Fsp3) is 0.333. The van der Waals surface area contributed by atoms with Crippen LogP contribution < -0.4 is 4.74 Å². The van der Waals surface area contributed by atoms with E-state index in [1.54, 1.807) is 54.8 Å². The third-order valence-corrected chi connectivity index (χ3v) is 7.40. The summed E-state index contributed by atoms with van der Waals surface area (Å²) in [5.41, 5.74) is 2.12. The summed E-state index contributed by atoms with van der Waals surface area (Å²) in [5.74, 6) is -0.307. The highest BCUT2D eigenvalue weighted by Gasteiger charge is 2.38. The first-order valence-electron chi connectivity index (χ1n) is 13.4. The van der Waals surface area contributed by atoms with Gasteiger partial charge in [-0.15, -0.1) is 0 Å². The largest absolute Gasteiger partial charge is 0.487 e. The molecule has 0 spiro atoms. The molecule has 3 heterocycles. The summed E-state index contributed by atoms with van der Waals surface area (Å²) in [5, 5.41) is 0. The summed E-state index contributed by atoms with van der Waals surface area (Å²) in [4.78, 5) is 45.5. The van der Waals surface area contributed by atoms with Gasteiger partial charge in [-0.1, -0.05) is 54.9 Å². The van der Waals surface area contributed by atoms with E-state index in [1.165, 1.54) is 7.11 Å². The van der Waals surface area contributed by atoms with Crippen LogP contribution in [0.3, 0.4) is 0 Å². The van der Waals surface area contributed by atoms with Crippen molar-refractivity contribution < 1.29 is 23.9 Å². The van der Waals surface area contributed by atoms with E-state index in [-0.39, 0.29) is 24.6 Å². The van der Waals surface area contributed by atoms with E-state index in [9.17, 15) is 14.4 Å². The predicted octanol–water partition coefficient (Wildman–Crippen LogP) is 7.19. The predicted molar refractivity (Wildman–Crippen MR) is 162 cm³/mol. The molecule has 0 aliphatic heterocycles. The topological polar surface area (TPSA) is 87.0 Å². The summed E-state index contributed by atoms with van der Waals surface area (Å²) in [6.07, 6.45) is 1.87. The normalized spacial score (nSPS) is 11.9. The van der Waals surface area contributed by atoms with Crippen molar-refractivity contribution in [2.45, 2.75) is 54.6 Å². The van der Waals surface area contributed by atoms with E-state index in [4.69, 9.17) is 9.47 Å². The molecule has 4 aromatic rings. The van der Waals surface area contributed by atoms with Gasteiger partial charge in [0.05, 0.1) is 29.4 Å². The van der Waals surface area contributed by atoms with Crippen LogP contribution in [-0.4, -0.2) is 34.0 Å². The molecule has 8 heteroatoms. The number of benzene rings is 1. The van der Waals surface area contributed by atoms with Crippen LogP contribution in [0, 0.1) is 17.8 Å². The SMILES string of the molecule is COC(=O)C(C)(C)Cc1c(C(=O)C(C)(C)C)c2cc(OCc3cccc(C)n3)ccn2c1C(=O)c1cccc(Br)c1. The molecule has 1 aromatic carbocycles. The maximum atomic E-state index is 14.2. The third-order valence-electron chi connectivity index (χ3n) is 6.91. The van der Waals surface area contributed by atoms with Crippen molar-refractivity contribution in [2.75, 3.05) is 7.11 Å². The van der Waals surface area contributed by atoms with Gasteiger partial charge in [-0.3, -0.25) is 19.4 Å². The lowest BCUT2D eigenvalue weighted by Gasteiger charge is -2.24. The van der Waals surface area contributed by atoms with Gasteiger partial charge in [-0.2, -0.15) is 0 Å². The zero-order chi connectivity index (χ0) is 30.1. The van der Waals surface area contributed by atoms with E-state index in [2.05, 4.69) is 20.9 Å². The van der Waals surface area contributed by atoms with Crippen LogP contribution >= 0.6 is 15.9 Å². The first kappa shape index (κ1) is 30.2. The van der Waals surface area contributed by atoms with E-state index >= 15 is 0 Å². The molecule has 4 rings (SSSR count). The van der Waals surface area contributed by atoms with Gasteiger partial charge in [-0.25, -0.2) is 0 Å². The van der Waals surface area contributed by atoms with Gasteiger partial charge in [0.25, 0.3) is 0 Å². The standard InChI is InChI=1S/C33H35BrN2O5/c1-20-10-8-13-23(35-20)19-41-24-14-15-36-26(17-24)27(30(38)32(2,3)4)25(18-33(5,6)31(39)40-7)28(36)29(37)21-11-9-12-22(34)16-21/h8-17H,18-19H2,1-7H3. The Kier molecular flexibility index (Phi) is 8.54. The smallest absolute Gasteiger partial charge is 0.311 e. The molecular weight excluding hydrogens is 584 g/mol. The number of halogens is 1. The number of hydrogen-bond acceptors (Lipinski definition) is 6. The number of aryl methyl sites for hydroxylation is 1. The summed E-state index contributed by atoms with van der Waals surface area (Å²) in [6, 6.07) is 16.4.